The van der Waals surface area contributed by atoms with E-state index in [-0.39, 0.29) is 32.6 Å². The zero-order valence-electron chi connectivity index (χ0n) is 17.3. The number of anilines is 1. The van der Waals surface area contributed by atoms with Crippen LogP contribution in [0.25, 0.3) is 0 Å². The molecule has 0 aliphatic rings. The summed E-state index contributed by atoms with van der Waals surface area (Å²) in [5.74, 6) is -1.51. The number of carbonyl (C=O) groups excluding carboxylic acids is 3. The highest BCUT2D eigenvalue weighted by atomic mass is 35.5. The normalized spacial score (nSPS) is 10.5. The molecule has 32 heavy (non-hydrogen) atoms. The Morgan fingerprint density at radius 3 is 2.41 bits per heavy atom. The molecule has 0 spiro atoms. The number of hydrogen-bond donors (Lipinski definition) is 2. The number of rotatable bonds is 7. The van der Waals surface area contributed by atoms with Crippen LogP contribution in [-0.2, 0) is 11.3 Å². The van der Waals surface area contributed by atoms with Gasteiger partial charge in [0.25, 0.3) is 11.8 Å². The van der Waals surface area contributed by atoms with E-state index >= 15 is 0 Å². The van der Waals surface area contributed by atoms with Gasteiger partial charge in [-0.3, -0.25) is 9.59 Å². The number of halogens is 2. The summed E-state index contributed by atoms with van der Waals surface area (Å²) < 4.78 is 5.10. The first kappa shape index (κ1) is 23.8. The molecule has 0 bridgehead atoms. The molecule has 3 aromatic rings. The first-order chi connectivity index (χ1) is 15.3. The van der Waals surface area contributed by atoms with Crippen LogP contribution in [0.2, 0.25) is 10.0 Å². The first-order valence-electron chi connectivity index (χ1n) is 9.70. The summed E-state index contributed by atoms with van der Waals surface area (Å²) in [6, 6.07) is 13.9. The number of ether oxygens (including phenoxy) is 1. The summed E-state index contributed by atoms with van der Waals surface area (Å²) in [5.41, 5.74) is 1.73. The molecule has 0 aliphatic carbocycles. The van der Waals surface area contributed by atoms with Crippen LogP contribution in [0, 0.1) is 6.92 Å². The van der Waals surface area contributed by atoms with E-state index in [4.69, 9.17) is 27.9 Å². The van der Waals surface area contributed by atoms with Crippen molar-refractivity contribution in [3.05, 3.63) is 85.7 Å². The molecule has 166 valence electrons. The molecule has 2 amide bonds. The van der Waals surface area contributed by atoms with Crippen molar-refractivity contribution in [2.75, 3.05) is 11.9 Å². The van der Waals surface area contributed by atoms with Gasteiger partial charge in [-0.2, -0.15) is 0 Å². The molecule has 1 heterocycles. The Bertz CT molecular complexity index is 1160. The lowest BCUT2D eigenvalue weighted by atomic mass is 10.1. The minimum atomic E-state index is -0.558. The molecule has 9 heteroatoms. The van der Waals surface area contributed by atoms with Crippen LogP contribution in [0.15, 0.2) is 48.5 Å². The summed E-state index contributed by atoms with van der Waals surface area (Å²) >= 11 is 13.0. The third-order valence-electron chi connectivity index (χ3n) is 4.53. The Balaban J connectivity index is 1.92. The molecule has 0 aliphatic heterocycles. The standard InChI is InChI=1S/C23H20Cl2N2O4S/c1-3-31-23(30)19-13(2)18(21(29)26-12-14-7-5-4-6-8-14)22(32-19)27-20(28)16-10-9-15(24)11-17(16)25/h4-11H,3,12H2,1-2H3,(H,26,29)(H,27,28). The summed E-state index contributed by atoms with van der Waals surface area (Å²) in [7, 11) is 0. The van der Waals surface area contributed by atoms with Crippen molar-refractivity contribution in [2.45, 2.75) is 20.4 Å². The molecular formula is C23H20Cl2N2O4S. The second-order valence-electron chi connectivity index (χ2n) is 6.73. The molecule has 0 fully saturated rings. The van der Waals surface area contributed by atoms with Gasteiger partial charge < -0.3 is 15.4 Å². The highest BCUT2D eigenvalue weighted by molar-refractivity contribution is 7.18. The van der Waals surface area contributed by atoms with Crippen molar-refractivity contribution in [1.82, 2.24) is 5.32 Å². The first-order valence-corrected chi connectivity index (χ1v) is 11.3. The van der Waals surface area contributed by atoms with Gasteiger partial charge in [0.15, 0.2) is 0 Å². The maximum Gasteiger partial charge on any atom is 0.348 e. The molecule has 3 rings (SSSR count). The number of nitrogens with one attached hydrogen (secondary N) is 2. The van der Waals surface area contributed by atoms with Gasteiger partial charge in [-0.05, 0) is 43.2 Å². The van der Waals surface area contributed by atoms with E-state index in [9.17, 15) is 14.4 Å². The molecule has 1 aromatic heterocycles. The fourth-order valence-corrected chi connectivity index (χ4v) is 4.56. The van der Waals surface area contributed by atoms with Crippen LogP contribution in [0.5, 0.6) is 0 Å². The van der Waals surface area contributed by atoms with Crippen molar-refractivity contribution in [3.8, 4) is 0 Å². The summed E-state index contributed by atoms with van der Waals surface area (Å²) in [6.45, 7) is 3.82. The number of esters is 1. The van der Waals surface area contributed by atoms with Crippen LogP contribution in [0.1, 0.15) is 48.4 Å². The predicted molar refractivity (Wildman–Crippen MR) is 127 cm³/mol. The minimum absolute atomic E-state index is 0.170. The van der Waals surface area contributed by atoms with Gasteiger partial charge in [-0.1, -0.05) is 53.5 Å². The Morgan fingerprint density at radius 1 is 1.03 bits per heavy atom. The van der Waals surface area contributed by atoms with Crippen molar-refractivity contribution < 1.29 is 19.1 Å². The fourth-order valence-electron chi connectivity index (χ4n) is 2.98. The summed E-state index contributed by atoms with van der Waals surface area (Å²) in [5, 5.41) is 6.33. The molecule has 0 radical (unpaired) electrons. The number of hydrogen-bond acceptors (Lipinski definition) is 5. The number of amides is 2. The quantitative estimate of drug-likeness (QED) is 0.414. The van der Waals surface area contributed by atoms with E-state index in [0.717, 1.165) is 16.9 Å². The van der Waals surface area contributed by atoms with Crippen molar-refractivity contribution in [3.63, 3.8) is 0 Å². The van der Waals surface area contributed by atoms with Gasteiger partial charge in [0.05, 0.1) is 22.8 Å². The summed E-state index contributed by atoms with van der Waals surface area (Å²) in [6.07, 6.45) is 0. The largest absolute Gasteiger partial charge is 0.462 e. The number of thiophene rings is 1. The lowest BCUT2D eigenvalue weighted by Crippen LogP contribution is -2.25. The van der Waals surface area contributed by atoms with E-state index in [2.05, 4.69) is 10.6 Å². The lowest BCUT2D eigenvalue weighted by molar-refractivity contribution is 0.0531. The van der Waals surface area contributed by atoms with E-state index in [0.29, 0.717) is 17.1 Å². The Hall–Kier alpha value is -2.87. The molecule has 0 atom stereocenters. The van der Waals surface area contributed by atoms with Gasteiger partial charge in [-0.25, -0.2) is 4.79 Å². The third kappa shape index (κ3) is 5.48. The smallest absolute Gasteiger partial charge is 0.348 e. The van der Waals surface area contributed by atoms with Crippen LogP contribution in [0.3, 0.4) is 0 Å². The van der Waals surface area contributed by atoms with Crippen LogP contribution >= 0.6 is 34.5 Å². The Labute approximate surface area is 199 Å². The average Bonchev–Trinajstić information content (AvgIpc) is 3.08. The molecule has 2 N–H and O–H groups in total. The van der Waals surface area contributed by atoms with E-state index in [1.807, 2.05) is 30.3 Å². The summed E-state index contributed by atoms with van der Waals surface area (Å²) in [4.78, 5) is 38.5. The van der Waals surface area contributed by atoms with Crippen molar-refractivity contribution >= 4 is 57.3 Å². The molecule has 2 aromatic carbocycles. The molecular weight excluding hydrogens is 471 g/mol. The Kier molecular flexibility index (Phi) is 7.90. The maximum atomic E-state index is 13.0. The monoisotopic (exact) mass is 490 g/mol. The van der Waals surface area contributed by atoms with Crippen LogP contribution in [0.4, 0.5) is 5.00 Å². The van der Waals surface area contributed by atoms with Gasteiger partial charge in [0.2, 0.25) is 0 Å². The zero-order valence-corrected chi connectivity index (χ0v) is 19.7. The van der Waals surface area contributed by atoms with Gasteiger partial charge >= 0.3 is 5.97 Å². The van der Waals surface area contributed by atoms with Crippen molar-refractivity contribution in [1.29, 1.82) is 0 Å². The highest BCUT2D eigenvalue weighted by Gasteiger charge is 2.27. The van der Waals surface area contributed by atoms with E-state index in [1.165, 1.54) is 12.1 Å². The van der Waals surface area contributed by atoms with Crippen LogP contribution < -0.4 is 10.6 Å². The average molecular weight is 491 g/mol. The van der Waals surface area contributed by atoms with Crippen LogP contribution in [-0.4, -0.2) is 24.4 Å². The topological polar surface area (TPSA) is 84.5 Å². The SMILES string of the molecule is CCOC(=O)c1sc(NC(=O)c2ccc(Cl)cc2Cl)c(C(=O)NCc2ccccc2)c1C. The zero-order chi connectivity index (χ0) is 23.3. The van der Waals surface area contributed by atoms with Gasteiger partial charge in [-0.15, -0.1) is 11.3 Å². The number of carbonyl (C=O) groups is 3. The van der Waals surface area contributed by atoms with E-state index < -0.39 is 17.8 Å². The van der Waals surface area contributed by atoms with E-state index in [1.54, 1.807) is 19.9 Å². The van der Waals surface area contributed by atoms with Gasteiger partial charge in [0.1, 0.15) is 9.88 Å². The van der Waals surface area contributed by atoms with Crippen molar-refractivity contribution in [2.24, 2.45) is 0 Å². The second-order valence-corrected chi connectivity index (χ2v) is 8.59. The Morgan fingerprint density at radius 2 is 1.75 bits per heavy atom. The molecule has 0 saturated carbocycles. The third-order valence-corrected chi connectivity index (χ3v) is 6.27. The maximum absolute atomic E-state index is 13.0. The molecule has 0 unspecified atom stereocenters. The fraction of sp³-hybridized carbons (Fsp3) is 0.174. The predicted octanol–water partition coefficient (Wildman–Crippen LogP) is 5.72. The molecule has 6 nitrogen and oxygen atoms in total. The number of benzene rings is 2. The second kappa shape index (κ2) is 10.6. The minimum Gasteiger partial charge on any atom is -0.462 e. The highest BCUT2D eigenvalue weighted by Crippen LogP contribution is 2.34. The van der Waals surface area contributed by atoms with Gasteiger partial charge in [0, 0.05) is 11.6 Å². The lowest BCUT2D eigenvalue weighted by Gasteiger charge is -2.10. The molecule has 0 saturated heterocycles.